The number of aromatic nitrogens is 3. The van der Waals surface area contributed by atoms with Crippen molar-refractivity contribution in [2.45, 2.75) is 70.9 Å². The van der Waals surface area contributed by atoms with Crippen LogP contribution in [-0.2, 0) is 11.0 Å². The first kappa shape index (κ1) is 32.0. The largest absolute Gasteiger partial charge is 0.309 e. The SMILES string of the molecule is C=CC1C2C(c3ccccc3-c3ccc(C(C)(C)C)c[n+]32)C1(CC(C)(C#N)/C=C\C)[n+]1ccc(-n2c3ccccc3c3ccccc32)cc1C. The van der Waals surface area contributed by atoms with Crippen LogP contribution in [0.25, 0.3) is 38.8 Å². The van der Waals surface area contributed by atoms with Crippen LogP contribution in [0.1, 0.15) is 69.8 Å². The molecule has 248 valence electrons. The molecule has 1 fully saturated rings. The molecule has 5 unspecified atom stereocenters. The van der Waals surface area contributed by atoms with Crippen molar-refractivity contribution >= 4 is 21.8 Å². The van der Waals surface area contributed by atoms with Gasteiger partial charge in [0.2, 0.25) is 5.69 Å². The van der Waals surface area contributed by atoms with Gasteiger partial charge in [0, 0.05) is 47.9 Å². The van der Waals surface area contributed by atoms with Crippen molar-refractivity contribution in [1.82, 2.24) is 4.57 Å². The van der Waals surface area contributed by atoms with Crippen LogP contribution in [0.4, 0.5) is 0 Å². The highest BCUT2D eigenvalue weighted by atomic mass is 15.2. The van der Waals surface area contributed by atoms with Gasteiger partial charge in [0.1, 0.15) is 11.8 Å². The molecule has 3 aromatic carbocycles. The van der Waals surface area contributed by atoms with E-state index < -0.39 is 11.0 Å². The third kappa shape index (κ3) is 4.49. The Hall–Kier alpha value is -5.27. The molecule has 1 aliphatic carbocycles. The zero-order valence-electron chi connectivity index (χ0n) is 30.1. The van der Waals surface area contributed by atoms with Crippen LogP contribution in [-0.4, -0.2) is 4.57 Å². The molecule has 50 heavy (non-hydrogen) atoms. The van der Waals surface area contributed by atoms with Gasteiger partial charge in [-0.05, 0) is 49.1 Å². The minimum atomic E-state index is -0.681. The summed E-state index contributed by atoms with van der Waals surface area (Å²) in [6.07, 6.45) is 11.6. The van der Waals surface area contributed by atoms with E-state index >= 15 is 0 Å². The summed E-state index contributed by atoms with van der Waals surface area (Å²) >= 11 is 0. The maximum Gasteiger partial charge on any atom is 0.213 e. The Kier molecular flexibility index (Phi) is 7.28. The molecule has 0 radical (unpaired) electrons. The van der Waals surface area contributed by atoms with Gasteiger partial charge in [0.05, 0.1) is 33.8 Å². The zero-order valence-corrected chi connectivity index (χ0v) is 30.1. The molecule has 0 N–H and O–H groups in total. The number of nitrogens with zero attached hydrogens (tertiary/aromatic N) is 4. The van der Waals surface area contributed by atoms with E-state index in [0.29, 0.717) is 6.42 Å². The number of allylic oxidation sites excluding steroid dienone is 3. The van der Waals surface area contributed by atoms with E-state index in [1.807, 2.05) is 13.0 Å². The van der Waals surface area contributed by atoms with E-state index in [1.54, 1.807) is 0 Å². The number of hydrogen-bond donors (Lipinski definition) is 0. The predicted octanol–water partition coefficient (Wildman–Crippen LogP) is 9.98. The summed E-state index contributed by atoms with van der Waals surface area (Å²) in [4.78, 5) is 0. The Morgan fingerprint density at radius 2 is 1.56 bits per heavy atom. The lowest BCUT2D eigenvalue weighted by atomic mass is 9.47. The van der Waals surface area contributed by atoms with Crippen molar-refractivity contribution in [1.29, 1.82) is 5.26 Å². The fourth-order valence-electron chi connectivity index (χ4n) is 9.58. The maximum absolute atomic E-state index is 10.8. The molecule has 5 atom stereocenters. The normalized spacial score (nSPS) is 22.3. The lowest BCUT2D eigenvalue weighted by Crippen LogP contribution is -2.79. The highest BCUT2D eigenvalue weighted by Gasteiger charge is 2.76. The van der Waals surface area contributed by atoms with Gasteiger partial charge in [-0.15, -0.1) is 6.58 Å². The molecule has 0 amide bonds. The minimum absolute atomic E-state index is 0.0122. The van der Waals surface area contributed by atoms with Gasteiger partial charge in [0.15, 0.2) is 29.7 Å². The summed E-state index contributed by atoms with van der Waals surface area (Å²) in [5.74, 6) is 0.190. The summed E-state index contributed by atoms with van der Waals surface area (Å²) in [7, 11) is 0. The van der Waals surface area contributed by atoms with Crippen LogP contribution < -0.4 is 9.13 Å². The second kappa shape index (κ2) is 11.4. The van der Waals surface area contributed by atoms with E-state index in [9.17, 15) is 5.26 Å². The molecule has 0 saturated heterocycles. The number of rotatable bonds is 6. The standard InChI is InChI=1S/C46H46N4/c1-8-25-45(7,30-47)29-46(49-26-24-33(27-31(49)3)50-40-20-14-12-16-34(40)35-17-13-15-21-41(35)50)38(9-2)43-42(46)37-19-11-10-18-36(37)39-23-22-32(28-48(39)43)44(4,5)6/h8-28,38,42-43H,2,29H2,1,3-7H3/q+2/b25-8-. The summed E-state index contributed by atoms with van der Waals surface area (Å²) < 4.78 is 7.44. The van der Waals surface area contributed by atoms with E-state index in [1.165, 1.54) is 44.2 Å². The molecule has 4 heterocycles. The molecule has 6 aromatic rings. The number of aryl methyl sites for hydroxylation is 1. The number of nitriles is 1. The quantitative estimate of drug-likeness (QED) is 0.130. The first-order chi connectivity index (χ1) is 24.1. The number of benzene rings is 3. The Bertz CT molecular complexity index is 2340. The van der Waals surface area contributed by atoms with Gasteiger partial charge < -0.3 is 4.57 Å². The van der Waals surface area contributed by atoms with Crippen LogP contribution in [0.3, 0.4) is 0 Å². The van der Waals surface area contributed by atoms with Gasteiger partial charge in [-0.1, -0.05) is 93.6 Å². The van der Waals surface area contributed by atoms with Crippen molar-refractivity contribution in [3.8, 4) is 23.0 Å². The Balaban J connectivity index is 1.38. The van der Waals surface area contributed by atoms with Crippen molar-refractivity contribution in [3.05, 3.63) is 151 Å². The topological polar surface area (TPSA) is 36.5 Å². The molecule has 4 nitrogen and oxygen atoms in total. The molecule has 0 spiro atoms. The fourth-order valence-corrected chi connectivity index (χ4v) is 9.58. The van der Waals surface area contributed by atoms with Crippen LogP contribution in [0.5, 0.6) is 0 Å². The van der Waals surface area contributed by atoms with Gasteiger partial charge in [-0.3, -0.25) is 0 Å². The molecular formula is C46H46N4+2. The van der Waals surface area contributed by atoms with E-state index in [4.69, 9.17) is 0 Å². The summed E-state index contributed by atoms with van der Waals surface area (Å²) in [6.45, 7) is 17.7. The monoisotopic (exact) mass is 654 g/mol. The van der Waals surface area contributed by atoms with Gasteiger partial charge in [-0.2, -0.15) is 14.4 Å². The van der Waals surface area contributed by atoms with Crippen LogP contribution in [0, 0.1) is 29.6 Å². The lowest BCUT2D eigenvalue weighted by Gasteiger charge is -2.56. The summed E-state index contributed by atoms with van der Waals surface area (Å²) in [5, 5.41) is 13.3. The zero-order chi connectivity index (χ0) is 35.0. The van der Waals surface area contributed by atoms with Gasteiger partial charge >= 0.3 is 0 Å². The maximum atomic E-state index is 10.8. The first-order valence-electron chi connectivity index (χ1n) is 17.9. The third-order valence-electron chi connectivity index (χ3n) is 11.7. The van der Waals surface area contributed by atoms with E-state index in [0.717, 1.165) is 11.4 Å². The second-order valence-electron chi connectivity index (χ2n) is 15.7. The molecule has 8 rings (SSSR count). The first-order valence-corrected chi connectivity index (χ1v) is 17.9. The molecule has 0 bridgehead atoms. The fraction of sp³-hybridized carbons (Fsp3) is 0.283. The number of para-hydroxylation sites is 2. The Morgan fingerprint density at radius 3 is 2.18 bits per heavy atom. The van der Waals surface area contributed by atoms with E-state index in [2.05, 4.69) is 183 Å². The predicted molar refractivity (Wildman–Crippen MR) is 203 cm³/mol. The minimum Gasteiger partial charge on any atom is -0.309 e. The highest BCUT2D eigenvalue weighted by Crippen LogP contribution is 2.65. The smallest absolute Gasteiger partial charge is 0.213 e. The number of pyridine rings is 2. The number of fused-ring (bicyclic) bond motifs is 9. The Labute approximate surface area is 296 Å². The second-order valence-corrected chi connectivity index (χ2v) is 15.7. The van der Waals surface area contributed by atoms with Crippen LogP contribution >= 0.6 is 0 Å². The van der Waals surface area contributed by atoms with E-state index in [-0.39, 0.29) is 23.3 Å². The van der Waals surface area contributed by atoms with Crippen LogP contribution in [0.2, 0.25) is 0 Å². The molecule has 4 heteroatoms. The Morgan fingerprint density at radius 1 is 0.900 bits per heavy atom. The lowest BCUT2D eigenvalue weighted by molar-refractivity contribution is -0.845. The van der Waals surface area contributed by atoms with Crippen molar-refractivity contribution in [3.63, 3.8) is 0 Å². The van der Waals surface area contributed by atoms with Crippen LogP contribution in [0.15, 0.2) is 134 Å². The molecular weight excluding hydrogens is 609 g/mol. The van der Waals surface area contributed by atoms with Crippen molar-refractivity contribution < 1.29 is 9.13 Å². The summed E-state index contributed by atoms with van der Waals surface area (Å²) in [5.41, 5.74) is 8.74. The molecule has 1 aliphatic heterocycles. The third-order valence-corrected chi connectivity index (χ3v) is 11.7. The average Bonchev–Trinajstić information content (AvgIpc) is 3.44. The molecule has 3 aromatic heterocycles. The number of hydrogen-bond acceptors (Lipinski definition) is 1. The highest BCUT2D eigenvalue weighted by molar-refractivity contribution is 6.09. The molecule has 2 aliphatic rings. The molecule has 1 saturated carbocycles. The van der Waals surface area contributed by atoms with Gasteiger partial charge in [0.25, 0.3) is 0 Å². The average molecular weight is 655 g/mol. The van der Waals surface area contributed by atoms with Gasteiger partial charge in [-0.25, -0.2) is 0 Å². The van der Waals surface area contributed by atoms with Crippen molar-refractivity contribution in [2.24, 2.45) is 11.3 Å². The van der Waals surface area contributed by atoms with Crippen molar-refractivity contribution in [2.75, 3.05) is 0 Å². The summed E-state index contributed by atoms with van der Waals surface area (Å²) in [6, 6.07) is 38.4.